The van der Waals surface area contributed by atoms with Crippen LogP contribution in [-0.2, 0) is 6.54 Å². The predicted octanol–water partition coefficient (Wildman–Crippen LogP) is 2.46. The average molecular weight is 279 g/mol. The van der Waals surface area contributed by atoms with Gasteiger partial charge in [-0.25, -0.2) is 4.39 Å². The van der Waals surface area contributed by atoms with E-state index >= 15 is 0 Å². The summed E-state index contributed by atoms with van der Waals surface area (Å²) in [5.41, 5.74) is 1.18. The molecule has 0 amide bonds. The highest BCUT2D eigenvalue weighted by Crippen LogP contribution is 2.14. The zero-order chi connectivity index (χ0) is 14.8. The van der Waals surface area contributed by atoms with E-state index in [1.807, 2.05) is 6.07 Å². The fourth-order valence-corrected chi connectivity index (χ4v) is 2.24. The number of fused-ring (bicyclic) bond motifs is 1. The molecule has 0 aliphatic carbocycles. The van der Waals surface area contributed by atoms with Crippen molar-refractivity contribution in [3.05, 3.63) is 76.1 Å². The minimum atomic E-state index is -0.361. The van der Waals surface area contributed by atoms with E-state index in [2.05, 4.69) is 4.98 Å². The lowest BCUT2D eigenvalue weighted by atomic mass is 10.1. The summed E-state index contributed by atoms with van der Waals surface area (Å²) in [6.45, 7) is 0.273. The van der Waals surface area contributed by atoms with Crippen LogP contribution in [0.3, 0.4) is 0 Å². The van der Waals surface area contributed by atoms with E-state index in [-0.39, 0.29) is 23.5 Å². The monoisotopic (exact) mass is 279 g/mol. The van der Waals surface area contributed by atoms with Crippen molar-refractivity contribution < 1.29 is 4.39 Å². The summed E-state index contributed by atoms with van der Waals surface area (Å²) in [5, 5.41) is 9.79. The van der Waals surface area contributed by atoms with E-state index < -0.39 is 0 Å². The van der Waals surface area contributed by atoms with Gasteiger partial charge < -0.3 is 4.57 Å². The van der Waals surface area contributed by atoms with Gasteiger partial charge in [0.2, 0.25) is 0 Å². The molecule has 0 saturated carbocycles. The number of rotatable bonds is 2. The van der Waals surface area contributed by atoms with Crippen LogP contribution in [0, 0.1) is 17.1 Å². The number of hydrogen-bond donors (Lipinski definition) is 0. The second kappa shape index (κ2) is 5.17. The Labute approximate surface area is 119 Å². The number of nitrogens with zero attached hydrogens (tertiary/aromatic N) is 3. The van der Waals surface area contributed by atoms with Gasteiger partial charge in [0.15, 0.2) is 0 Å². The molecule has 3 rings (SSSR count). The van der Waals surface area contributed by atoms with Gasteiger partial charge in [0.25, 0.3) is 5.56 Å². The van der Waals surface area contributed by atoms with E-state index in [4.69, 9.17) is 5.26 Å². The van der Waals surface area contributed by atoms with Gasteiger partial charge in [-0.2, -0.15) is 5.26 Å². The molecule has 2 heterocycles. The van der Waals surface area contributed by atoms with Crippen LogP contribution in [0.15, 0.2) is 53.6 Å². The summed E-state index contributed by atoms with van der Waals surface area (Å²) < 4.78 is 14.5. The van der Waals surface area contributed by atoms with Crippen LogP contribution in [0.2, 0.25) is 0 Å². The topological polar surface area (TPSA) is 58.7 Å². The highest BCUT2D eigenvalue weighted by molar-refractivity contribution is 5.79. The van der Waals surface area contributed by atoms with Gasteiger partial charge >= 0.3 is 0 Å². The number of pyridine rings is 2. The minimum Gasteiger partial charge on any atom is -0.303 e. The Bertz CT molecular complexity index is 907. The first-order valence-corrected chi connectivity index (χ1v) is 6.31. The smallest absolute Gasteiger partial charge is 0.269 e. The first kappa shape index (κ1) is 13.0. The fraction of sp³-hybridized carbons (Fsp3) is 0.0625. The molecule has 1 aromatic carbocycles. The van der Waals surface area contributed by atoms with Crippen molar-refractivity contribution in [2.75, 3.05) is 0 Å². The average Bonchev–Trinajstić information content (AvgIpc) is 2.51. The summed E-state index contributed by atoms with van der Waals surface area (Å²) >= 11 is 0. The van der Waals surface area contributed by atoms with Gasteiger partial charge in [0.05, 0.1) is 12.1 Å². The van der Waals surface area contributed by atoms with Gasteiger partial charge in [0, 0.05) is 17.8 Å². The lowest BCUT2D eigenvalue weighted by Crippen LogP contribution is -2.23. The molecule has 0 aliphatic heterocycles. The summed E-state index contributed by atoms with van der Waals surface area (Å²) in [4.78, 5) is 16.3. The first-order chi connectivity index (χ1) is 10.2. The second-order valence-corrected chi connectivity index (χ2v) is 4.62. The van der Waals surface area contributed by atoms with Gasteiger partial charge in [-0.3, -0.25) is 9.78 Å². The maximum atomic E-state index is 13.0. The quantitative estimate of drug-likeness (QED) is 0.724. The van der Waals surface area contributed by atoms with Gasteiger partial charge in [-0.15, -0.1) is 0 Å². The minimum absolute atomic E-state index is 0.0672. The standard InChI is InChI=1S/C16H10FN3O/c17-14-3-1-11(2-4-14)10-20-15-5-6-19-9-13(15)7-12(8-18)16(20)21/h1-7,9H,10H2. The highest BCUT2D eigenvalue weighted by Gasteiger charge is 2.09. The van der Waals surface area contributed by atoms with Crippen LogP contribution in [0.25, 0.3) is 10.9 Å². The Morgan fingerprint density at radius 2 is 2.00 bits per heavy atom. The van der Waals surface area contributed by atoms with Crippen molar-refractivity contribution in [3.63, 3.8) is 0 Å². The molecule has 2 aromatic heterocycles. The van der Waals surface area contributed by atoms with E-state index in [9.17, 15) is 9.18 Å². The van der Waals surface area contributed by atoms with Gasteiger partial charge in [0.1, 0.15) is 17.4 Å². The molecule has 0 atom stereocenters. The lowest BCUT2D eigenvalue weighted by Gasteiger charge is -2.10. The van der Waals surface area contributed by atoms with E-state index in [1.54, 1.807) is 30.6 Å². The summed E-state index contributed by atoms with van der Waals surface area (Å²) in [7, 11) is 0. The van der Waals surface area contributed by atoms with Gasteiger partial charge in [-0.1, -0.05) is 12.1 Å². The van der Waals surface area contributed by atoms with Crippen molar-refractivity contribution in [1.29, 1.82) is 5.26 Å². The molecule has 0 spiro atoms. The van der Waals surface area contributed by atoms with Gasteiger partial charge in [-0.05, 0) is 29.8 Å². The third-order valence-corrected chi connectivity index (χ3v) is 3.27. The number of nitriles is 1. The zero-order valence-electron chi connectivity index (χ0n) is 11.0. The molecule has 5 heteroatoms. The van der Waals surface area contributed by atoms with Crippen molar-refractivity contribution in [2.45, 2.75) is 6.54 Å². The van der Waals surface area contributed by atoms with Crippen LogP contribution in [0.5, 0.6) is 0 Å². The maximum Gasteiger partial charge on any atom is 0.269 e. The van der Waals surface area contributed by atoms with Crippen LogP contribution in [0.4, 0.5) is 4.39 Å². The number of hydrogen-bond acceptors (Lipinski definition) is 3. The third-order valence-electron chi connectivity index (χ3n) is 3.27. The normalized spacial score (nSPS) is 10.5. The van der Waals surface area contributed by atoms with Crippen molar-refractivity contribution >= 4 is 10.9 Å². The van der Waals surface area contributed by atoms with Crippen LogP contribution in [-0.4, -0.2) is 9.55 Å². The third kappa shape index (κ3) is 2.39. The Morgan fingerprint density at radius 3 is 2.71 bits per heavy atom. The molecule has 0 unspecified atom stereocenters. The summed E-state index contributed by atoms with van der Waals surface area (Å²) in [5.74, 6) is -0.328. The van der Waals surface area contributed by atoms with Crippen LogP contribution >= 0.6 is 0 Å². The number of halogens is 1. The fourth-order valence-electron chi connectivity index (χ4n) is 2.24. The summed E-state index contributed by atoms with van der Waals surface area (Å²) in [6.07, 6.45) is 3.20. The number of benzene rings is 1. The Morgan fingerprint density at radius 1 is 1.24 bits per heavy atom. The second-order valence-electron chi connectivity index (χ2n) is 4.62. The molecule has 21 heavy (non-hydrogen) atoms. The molecule has 102 valence electrons. The van der Waals surface area contributed by atoms with Crippen LogP contribution < -0.4 is 5.56 Å². The molecule has 0 aliphatic rings. The van der Waals surface area contributed by atoms with E-state index in [0.717, 1.165) is 10.9 Å². The molecule has 0 radical (unpaired) electrons. The Kier molecular flexibility index (Phi) is 3.20. The summed E-state index contributed by atoms with van der Waals surface area (Å²) in [6, 6.07) is 11.1. The molecule has 3 aromatic rings. The molecular weight excluding hydrogens is 269 g/mol. The largest absolute Gasteiger partial charge is 0.303 e. The van der Waals surface area contributed by atoms with Crippen molar-refractivity contribution in [3.8, 4) is 6.07 Å². The maximum absolute atomic E-state index is 13.0. The molecule has 4 nitrogen and oxygen atoms in total. The van der Waals surface area contributed by atoms with E-state index in [0.29, 0.717) is 5.52 Å². The molecule has 0 saturated heterocycles. The molecule has 0 N–H and O–H groups in total. The number of aromatic nitrogens is 2. The Balaban J connectivity index is 2.21. The lowest BCUT2D eigenvalue weighted by molar-refractivity contribution is 0.626. The SMILES string of the molecule is N#Cc1cc2cnccc2n(Cc2ccc(F)cc2)c1=O. The van der Waals surface area contributed by atoms with Crippen molar-refractivity contribution in [1.82, 2.24) is 9.55 Å². The van der Waals surface area contributed by atoms with Crippen LogP contribution in [0.1, 0.15) is 11.1 Å². The van der Waals surface area contributed by atoms with Crippen molar-refractivity contribution in [2.24, 2.45) is 0 Å². The zero-order valence-corrected chi connectivity index (χ0v) is 11.0. The highest BCUT2D eigenvalue weighted by atomic mass is 19.1. The molecular formula is C16H10FN3O. The molecule has 0 bridgehead atoms. The van der Waals surface area contributed by atoms with E-state index in [1.165, 1.54) is 22.8 Å². The Hall–Kier alpha value is -3.00. The molecule has 0 fully saturated rings. The predicted molar refractivity (Wildman–Crippen MR) is 76.2 cm³/mol. The first-order valence-electron chi connectivity index (χ1n) is 6.31.